The summed E-state index contributed by atoms with van der Waals surface area (Å²) in [4.78, 5) is 16.4. The molecule has 1 fully saturated rings. The van der Waals surface area contributed by atoms with Gasteiger partial charge in [0.25, 0.3) is 0 Å². The van der Waals surface area contributed by atoms with E-state index in [1.807, 2.05) is 0 Å². The third-order valence-corrected chi connectivity index (χ3v) is 4.57. The van der Waals surface area contributed by atoms with Gasteiger partial charge < -0.3 is 15.3 Å². The van der Waals surface area contributed by atoms with E-state index >= 15 is 0 Å². The quantitative estimate of drug-likeness (QED) is 0.727. The predicted octanol–water partition coefficient (Wildman–Crippen LogP) is 1.43. The molecule has 3 rings (SSSR count). The fourth-order valence-corrected chi connectivity index (χ4v) is 3.06. The maximum Gasteiger partial charge on any atom is 0.317 e. The molecule has 0 aliphatic carbocycles. The molecule has 2 aromatic rings. The summed E-state index contributed by atoms with van der Waals surface area (Å²) in [5.74, 6) is -0.291. The summed E-state index contributed by atoms with van der Waals surface area (Å²) >= 11 is 0. The van der Waals surface area contributed by atoms with Crippen molar-refractivity contribution in [2.24, 2.45) is 0 Å². The van der Waals surface area contributed by atoms with Crippen LogP contribution in [-0.2, 0) is 6.54 Å². The first-order chi connectivity index (χ1) is 12.7. The highest BCUT2D eigenvalue weighted by Gasteiger charge is 2.20. The van der Waals surface area contributed by atoms with E-state index < -0.39 is 0 Å². The number of nitrogens with one attached hydrogen (secondary N) is 2. The fourth-order valence-electron chi connectivity index (χ4n) is 3.06. The van der Waals surface area contributed by atoms with E-state index in [1.54, 1.807) is 23.2 Å². The second-order valence-electron chi connectivity index (χ2n) is 6.34. The molecular weight excluding hydrogens is 337 g/mol. The summed E-state index contributed by atoms with van der Waals surface area (Å²) in [6.45, 7) is 4.40. The van der Waals surface area contributed by atoms with Crippen LogP contribution < -0.4 is 5.32 Å². The van der Waals surface area contributed by atoms with Crippen molar-refractivity contribution in [3.05, 3.63) is 41.8 Å². The summed E-state index contributed by atoms with van der Waals surface area (Å²) in [5, 5.41) is 18.8. The second kappa shape index (κ2) is 8.77. The van der Waals surface area contributed by atoms with Crippen LogP contribution in [0.1, 0.15) is 12.0 Å². The predicted molar refractivity (Wildman–Crippen MR) is 95.9 cm³/mol. The van der Waals surface area contributed by atoms with Crippen molar-refractivity contribution in [1.82, 2.24) is 25.3 Å². The molecule has 26 heavy (non-hydrogen) atoms. The topological polar surface area (TPSA) is 84.5 Å². The van der Waals surface area contributed by atoms with Crippen molar-refractivity contribution < 1.29 is 14.3 Å². The molecule has 7 nitrogen and oxygen atoms in total. The van der Waals surface area contributed by atoms with Gasteiger partial charge in [-0.05, 0) is 30.7 Å². The fraction of sp³-hybridized carbons (Fsp3) is 0.444. The van der Waals surface area contributed by atoms with Gasteiger partial charge in [-0.3, -0.25) is 10.00 Å². The van der Waals surface area contributed by atoms with Crippen molar-refractivity contribution in [3.8, 4) is 11.3 Å². The smallest absolute Gasteiger partial charge is 0.317 e. The molecule has 140 valence electrons. The first kappa shape index (κ1) is 18.3. The molecule has 0 radical (unpaired) electrons. The number of hydrogen-bond acceptors (Lipinski definition) is 4. The SMILES string of the molecule is O=C(NCc1cn[nH]c1-c1ccc(F)cc1)N1CCN(CCCO)CC1. The van der Waals surface area contributed by atoms with Crippen LogP contribution in [0.5, 0.6) is 0 Å². The molecule has 0 bridgehead atoms. The van der Waals surface area contributed by atoms with Gasteiger partial charge in [0.2, 0.25) is 0 Å². The van der Waals surface area contributed by atoms with Gasteiger partial charge in [0, 0.05) is 57.0 Å². The number of nitrogens with zero attached hydrogens (tertiary/aromatic N) is 3. The van der Waals surface area contributed by atoms with Crippen LogP contribution in [0, 0.1) is 5.82 Å². The minimum atomic E-state index is -0.291. The number of aliphatic hydroxyl groups excluding tert-OH is 1. The highest BCUT2D eigenvalue weighted by molar-refractivity contribution is 5.74. The Balaban J connectivity index is 1.51. The minimum Gasteiger partial charge on any atom is -0.396 e. The Bertz CT molecular complexity index is 711. The number of halogens is 1. The Morgan fingerprint density at radius 2 is 1.96 bits per heavy atom. The van der Waals surface area contributed by atoms with Crippen LogP contribution in [0.4, 0.5) is 9.18 Å². The van der Waals surface area contributed by atoms with E-state index in [1.165, 1.54) is 12.1 Å². The van der Waals surface area contributed by atoms with Crippen molar-refractivity contribution in [2.75, 3.05) is 39.3 Å². The third kappa shape index (κ3) is 4.59. The maximum atomic E-state index is 13.1. The zero-order chi connectivity index (χ0) is 18.4. The normalized spacial score (nSPS) is 15.2. The van der Waals surface area contributed by atoms with Crippen LogP contribution in [0.3, 0.4) is 0 Å². The summed E-state index contributed by atoms with van der Waals surface area (Å²) in [7, 11) is 0. The highest BCUT2D eigenvalue weighted by atomic mass is 19.1. The van der Waals surface area contributed by atoms with E-state index in [0.29, 0.717) is 19.6 Å². The molecule has 2 amide bonds. The Morgan fingerprint density at radius 3 is 2.65 bits per heavy atom. The zero-order valence-electron chi connectivity index (χ0n) is 14.6. The second-order valence-corrected chi connectivity index (χ2v) is 6.34. The minimum absolute atomic E-state index is 0.0990. The molecule has 0 saturated carbocycles. The molecule has 0 unspecified atom stereocenters. The van der Waals surface area contributed by atoms with E-state index in [4.69, 9.17) is 5.11 Å². The monoisotopic (exact) mass is 361 g/mol. The zero-order valence-corrected chi connectivity index (χ0v) is 14.6. The number of carbonyl (C=O) groups is 1. The largest absolute Gasteiger partial charge is 0.396 e. The molecular formula is C18H24FN5O2. The lowest BCUT2D eigenvalue weighted by Crippen LogP contribution is -2.51. The third-order valence-electron chi connectivity index (χ3n) is 4.57. The van der Waals surface area contributed by atoms with Gasteiger partial charge in [0.1, 0.15) is 5.82 Å². The van der Waals surface area contributed by atoms with E-state index in [0.717, 1.165) is 42.9 Å². The lowest BCUT2D eigenvalue weighted by atomic mass is 10.1. The number of H-pyrrole nitrogens is 1. The maximum absolute atomic E-state index is 13.1. The Labute approximate surface area is 151 Å². The average Bonchev–Trinajstić information content (AvgIpc) is 3.14. The molecule has 3 N–H and O–H groups in total. The number of carbonyl (C=O) groups excluding carboxylic acids is 1. The van der Waals surface area contributed by atoms with Crippen LogP contribution in [0.2, 0.25) is 0 Å². The summed E-state index contributed by atoms with van der Waals surface area (Å²) < 4.78 is 13.1. The summed E-state index contributed by atoms with van der Waals surface area (Å²) in [5.41, 5.74) is 2.45. The lowest BCUT2D eigenvalue weighted by Gasteiger charge is -2.34. The number of aromatic nitrogens is 2. The lowest BCUT2D eigenvalue weighted by molar-refractivity contribution is 0.132. The van der Waals surface area contributed by atoms with Crippen LogP contribution in [0.15, 0.2) is 30.5 Å². The number of aromatic amines is 1. The molecule has 8 heteroatoms. The average molecular weight is 361 g/mol. The number of urea groups is 1. The van der Waals surface area contributed by atoms with Crippen LogP contribution in [0.25, 0.3) is 11.3 Å². The number of aliphatic hydroxyl groups is 1. The van der Waals surface area contributed by atoms with Crippen molar-refractivity contribution >= 4 is 6.03 Å². The van der Waals surface area contributed by atoms with Gasteiger partial charge in [-0.2, -0.15) is 5.10 Å². The van der Waals surface area contributed by atoms with Crippen molar-refractivity contribution in [1.29, 1.82) is 0 Å². The molecule has 0 spiro atoms. The van der Waals surface area contributed by atoms with Gasteiger partial charge in [-0.15, -0.1) is 0 Å². The Hall–Kier alpha value is -2.45. The molecule has 1 saturated heterocycles. The Morgan fingerprint density at radius 1 is 1.23 bits per heavy atom. The molecule has 1 aromatic carbocycles. The molecule has 0 atom stereocenters. The Kier molecular flexibility index (Phi) is 6.19. The standard InChI is InChI=1S/C18H24FN5O2/c19-16-4-2-14(3-5-16)17-15(13-21-22-17)12-20-18(26)24-9-7-23(8-10-24)6-1-11-25/h2-5,13,25H,1,6-12H2,(H,20,26)(H,21,22). The van der Waals surface area contributed by atoms with Crippen molar-refractivity contribution in [2.45, 2.75) is 13.0 Å². The van der Waals surface area contributed by atoms with Gasteiger partial charge in [0.15, 0.2) is 0 Å². The molecule has 1 aromatic heterocycles. The summed E-state index contributed by atoms with van der Waals surface area (Å²) in [6, 6.07) is 6.06. The number of rotatable bonds is 6. The molecule has 2 heterocycles. The van der Waals surface area contributed by atoms with Gasteiger partial charge in [-0.1, -0.05) is 0 Å². The van der Waals surface area contributed by atoms with Gasteiger partial charge in [-0.25, -0.2) is 9.18 Å². The highest BCUT2D eigenvalue weighted by Crippen LogP contribution is 2.21. The summed E-state index contributed by atoms with van der Waals surface area (Å²) in [6.07, 6.45) is 2.44. The van der Waals surface area contributed by atoms with E-state index in [-0.39, 0.29) is 18.5 Å². The van der Waals surface area contributed by atoms with Gasteiger partial charge in [0.05, 0.1) is 11.9 Å². The van der Waals surface area contributed by atoms with E-state index in [2.05, 4.69) is 20.4 Å². The first-order valence-electron chi connectivity index (χ1n) is 8.81. The van der Waals surface area contributed by atoms with Crippen LogP contribution >= 0.6 is 0 Å². The number of benzene rings is 1. The van der Waals surface area contributed by atoms with E-state index in [9.17, 15) is 9.18 Å². The van der Waals surface area contributed by atoms with Crippen LogP contribution in [-0.4, -0.2) is 70.5 Å². The molecule has 1 aliphatic rings. The van der Waals surface area contributed by atoms with Crippen molar-refractivity contribution in [3.63, 3.8) is 0 Å². The number of piperazine rings is 1. The molecule has 1 aliphatic heterocycles. The first-order valence-corrected chi connectivity index (χ1v) is 8.81. The van der Waals surface area contributed by atoms with Gasteiger partial charge >= 0.3 is 6.03 Å². The number of hydrogen-bond donors (Lipinski definition) is 3. The number of amides is 2.